The highest BCUT2D eigenvalue weighted by molar-refractivity contribution is 5.87. The molecule has 0 bridgehead atoms. The van der Waals surface area contributed by atoms with Crippen LogP contribution in [-0.2, 0) is 6.54 Å². The average Bonchev–Trinajstić information content (AvgIpc) is 3.06. The Bertz CT molecular complexity index is 669. The smallest absolute Gasteiger partial charge is 0.120 e. The van der Waals surface area contributed by atoms with Gasteiger partial charge in [0.25, 0.3) is 0 Å². The number of nitrogens with zero attached hydrogens (tertiary/aromatic N) is 1. The van der Waals surface area contributed by atoms with Crippen LogP contribution < -0.4 is 5.32 Å². The number of fused-ring (bicyclic) bond motifs is 2. The highest BCUT2D eigenvalue weighted by Gasteiger charge is 2.41. The van der Waals surface area contributed by atoms with Crippen molar-refractivity contribution in [2.24, 2.45) is 11.8 Å². The molecule has 0 spiro atoms. The predicted molar refractivity (Wildman–Crippen MR) is 85.3 cm³/mol. The molecule has 0 aromatic heterocycles. The Balaban J connectivity index is 1.67. The Labute approximate surface area is 125 Å². The first kappa shape index (κ1) is 13.1. The molecule has 2 aromatic carbocycles. The third-order valence-corrected chi connectivity index (χ3v) is 5.43. The molecule has 0 amide bonds. The summed E-state index contributed by atoms with van der Waals surface area (Å²) in [6.45, 7) is 6.61. The van der Waals surface area contributed by atoms with Gasteiger partial charge >= 0.3 is 0 Å². The molecule has 2 N–H and O–H groups in total. The predicted octanol–water partition coefficient (Wildman–Crippen LogP) is 2.59. The highest BCUT2D eigenvalue weighted by atomic mass is 16.3. The van der Waals surface area contributed by atoms with Crippen LogP contribution in [0, 0.1) is 11.8 Å². The van der Waals surface area contributed by atoms with Gasteiger partial charge in [-0.25, -0.2) is 0 Å². The fourth-order valence-electron chi connectivity index (χ4n) is 4.16. The summed E-state index contributed by atoms with van der Waals surface area (Å²) >= 11 is 0. The second-order valence-electron chi connectivity index (χ2n) is 6.54. The minimum atomic E-state index is 0.427. The normalized spacial score (nSPS) is 29.1. The molecule has 3 heteroatoms. The van der Waals surface area contributed by atoms with Gasteiger partial charge in [-0.2, -0.15) is 0 Å². The Morgan fingerprint density at radius 3 is 2.90 bits per heavy atom. The van der Waals surface area contributed by atoms with Crippen LogP contribution in [-0.4, -0.2) is 35.7 Å². The van der Waals surface area contributed by atoms with Gasteiger partial charge in [0, 0.05) is 24.7 Å². The van der Waals surface area contributed by atoms with Gasteiger partial charge in [0.2, 0.25) is 0 Å². The number of hydrogen-bond acceptors (Lipinski definition) is 3. The molecule has 0 saturated carbocycles. The fourth-order valence-corrected chi connectivity index (χ4v) is 4.16. The number of hydrogen-bond donors (Lipinski definition) is 2. The summed E-state index contributed by atoms with van der Waals surface area (Å²) in [5.74, 6) is 1.97. The molecule has 2 fully saturated rings. The van der Waals surface area contributed by atoms with Gasteiger partial charge in [0.1, 0.15) is 5.75 Å². The van der Waals surface area contributed by atoms with Crippen molar-refractivity contribution in [3.8, 4) is 5.75 Å². The fraction of sp³-hybridized carbons (Fsp3) is 0.444. The molecule has 2 aromatic rings. The summed E-state index contributed by atoms with van der Waals surface area (Å²) in [4.78, 5) is 2.54. The summed E-state index contributed by atoms with van der Waals surface area (Å²) in [7, 11) is 0. The van der Waals surface area contributed by atoms with E-state index in [1.54, 1.807) is 0 Å². The molecular weight excluding hydrogens is 260 g/mol. The standard InChI is InChI=1S/C18H22N2O/c1-12-16-9-19-8-14(16)10-20(12)11-17-15-5-3-2-4-13(15)6-7-18(17)21/h2-7,12,14,16,19,21H,8-11H2,1H3. The van der Waals surface area contributed by atoms with Crippen LogP contribution in [0.5, 0.6) is 5.75 Å². The van der Waals surface area contributed by atoms with Crippen molar-refractivity contribution in [1.82, 2.24) is 10.2 Å². The zero-order chi connectivity index (χ0) is 14.4. The molecular formula is C18H22N2O. The third kappa shape index (κ3) is 2.12. The maximum atomic E-state index is 10.3. The lowest BCUT2D eigenvalue weighted by Crippen LogP contribution is -2.32. The molecule has 3 unspecified atom stereocenters. The van der Waals surface area contributed by atoms with E-state index < -0.39 is 0 Å². The first-order chi connectivity index (χ1) is 10.2. The average molecular weight is 282 g/mol. The van der Waals surface area contributed by atoms with E-state index in [0.29, 0.717) is 11.8 Å². The first-order valence-corrected chi connectivity index (χ1v) is 7.88. The largest absolute Gasteiger partial charge is 0.508 e. The minimum absolute atomic E-state index is 0.427. The van der Waals surface area contributed by atoms with E-state index in [4.69, 9.17) is 0 Å². The molecule has 0 aliphatic carbocycles. The first-order valence-electron chi connectivity index (χ1n) is 7.88. The van der Waals surface area contributed by atoms with Crippen molar-refractivity contribution < 1.29 is 5.11 Å². The van der Waals surface area contributed by atoms with Gasteiger partial charge in [-0.1, -0.05) is 30.3 Å². The van der Waals surface area contributed by atoms with Crippen LogP contribution in [0.2, 0.25) is 0 Å². The van der Waals surface area contributed by atoms with Gasteiger partial charge in [0.05, 0.1) is 0 Å². The zero-order valence-corrected chi connectivity index (χ0v) is 12.4. The van der Waals surface area contributed by atoms with Gasteiger partial charge in [-0.15, -0.1) is 0 Å². The molecule has 2 heterocycles. The molecule has 2 aliphatic rings. The second-order valence-corrected chi connectivity index (χ2v) is 6.54. The van der Waals surface area contributed by atoms with Crippen LogP contribution in [0.1, 0.15) is 12.5 Å². The lowest BCUT2D eigenvalue weighted by atomic mass is 9.95. The minimum Gasteiger partial charge on any atom is -0.508 e. The summed E-state index contributed by atoms with van der Waals surface area (Å²) in [5, 5.41) is 16.2. The van der Waals surface area contributed by atoms with Gasteiger partial charge < -0.3 is 10.4 Å². The van der Waals surface area contributed by atoms with Crippen molar-refractivity contribution >= 4 is 10.8 Å². The SMILES string of the molecule is CC1C2CNCC2CN1Cc1c(O)ccc2ccccc12. The summed E-state index contributed by atoms with van der Waals surface area (Å²) < 4.78 is 0. The molecule has 2 aliphatic heterocycles. The third-order valence-electron chi connectivity index (χ3n) is 5.43. The maximum absolute atomic E-state index is 10.3. The maximum Gasteiger partial charge on any atom is 0.120 e. The van der Waals surface area contributed by atoms with Crippen molar-refractivity contribution in [3.05, 3.63) is 42.0 Å². The number of nitrogens with one attached hydrogen (secondary N) is 1. The van der Waals surface area contributed by atoms with Crippen molar-refractivity contribution in [1.29, 1.82) is 0 Å². The summed E-state index contributed by atoms with van der Waals surface area (Å²) in [6.07, 6.45) is 0. The van der Waals surface area contributed by atoms with E-state index >= 15 is 0 Å². The van der Waals surface area contributed by atoms with Gasteiger partial charge in [0.15, 0.2) is 0 Å². The van der Waals surface area contributed by atoms with Crippen LogP contribution in [0.25, 0.3) is 10.8 Å². The Morgan fingerprint density at radius 1 is 1.19 bits per heavy atom. The van der Waals surface area contributed by atoms with Crippen LogP contribution in [0.3, 0.4) is 0 Å². The number of aromatic hydroxyl groups is 1. The number of rotatable bonds is 2. The second kappa shape index (κ2) is 5.00. The Morgan fingerprint density at radius 2 is 2.05 bits per heavy atom. The van der Waals surface area contributed by atoms with Gasteiger partial charge in [-0.05, 0) is 48.7 Å². The van der Waals surface area contributed by atoms with Gasteiger partial charge in [-0.3, -0.25) is 4.90 Å². The van der Waals surface area contributed by atoms with E-state index in [1.165, 1.54) is 10.8 Å². The van der Waals surface area contributed by atoms with Crippen molar-refractivity contribution in [3.63, 3.8) is 0 Å². The lowest BCUT2D eigenvalue weighted by molar-refractivity contribution is 0.229. The van der Waals surface area contributed by atoms with Crippen molar-refractivity contribution in [2.75, 3.05) is 19.6 Å². The van der Waals surface area contributed by atoms with E-state index in [1.807, 2.05) is 12.1 Å². The zero-order valence-electron chi connectivity index (χ0n) is 12.4. The highest BCUT2D eigenvalue weighted by Crippen LogP contribution is 2.36. The van der Waals surface area contributed by atoms with E-state index in [2.05, 4.69) is 41.4 Å². The number of likely N-dealkylation sites (tertiary alicyclic amines) is 1. The lowest BCUT2D eigenvalue weighted by Gasteiger charge is -2.25. The van der Waals surface area contributed by atoms with Crippen LogP contribution in [0.4, 0.5) is 0 Å². The number of benzene rings is 2. The van der Waals surface area contributed by atoms with Crippen LogP contribution in [0.15, 0.2) is 36.4 Å². The molecule has 2 saturated heterocycles. The summed E-state index contributed by atoms with van der Waals surface area (Å²) in [5.41, 5.74) is 1.08. The monoisotopic (exact) mass is 282 g/mol. The number of phenolic OH excluding ortho intramolecular Hbond substituents is 1. The van der Waals surface area contributed by atoms with Crippen LogP contribution >= 0.6 is 0 Å². The van der Waals surface area contributed by atoms with E-state index in [0.717, 1.165) is 43.6 Å². The topological polar surface area (TPSA) is 35.5 Å². The molecule has 4 rings (SSSR count). The molecule has 0 radical (unpaired) electrons. The Kier molecular flexibility index (Phi) is 3.12. The Hall–Kier alpha value is -1.58. The quantitative estimate of drug-likeness (QED) is 0.888. The summed E-state index contributed by atoms with van der Waals surface area (Å²) in [6, 6.07) is 12.8. The van der Waals surface area contributed by atoms with E-state index in [-0.39, 0.29) is 0 Å². The molecule has 3 atom stereocenters. The van der Waals surface area contributed by atoms with Crippen molar-refractivity contribution in [2.45, 2.75) is 19.5 Å². The molecule has 110 valence electrons. The van der Waals surface area contributed by atoms with E-state index in [9.17, 15) is 5.11 Å². The number of phenols is 1. The molecule has 3 nitrogen and oxygen atoms in total. The molecule has 21 heavy (non-hydrogen) atoms.